The fourth-order valence-corrected chi connectivity index (χ4v) is 2.19. The SMILES string of the molecule is CC(NC(=O)c1cccs1)C(=O)NCC(C)(O)CC(=O)O. The average molecular weight is 314 g/mol. The molecule has 0 spiro atoms. The summed E-state index contributed by atoms with van der Waals surface area (Å²) in [7, 11) is 0. The van der Waals surface area contributed by atoms with Crippen LogP contribution in [0.5, 0.6) is 0 Å². The maximum Gasteiger partial charge on any atom is 0.306 e. The van der Waals surface area contributed by atoms with Crippen molar-refractivity contribution in [3.63, 3.8) is 0 Å². The molecule has 1 rings (SSSR count). The number of thiophene rings is 1. The van der Waals surface area contributed by atoms with Crippen LogP contribution in [0.1, 0.15) is 29.9 Å². The Morgan fingerprint density at radius 3 is 2.62 bits per heavy atom. The van der Waals surface area contributed by atoms with Crippen molar-refractivity contribution in [2.75, 3.05) is 6.54 Å². The van der Waals surface area contributed by atoms with Gasteiger partial charge in [0.15, 0.2) is 0 Å². The van der Waals surface area contributed by atoms with E-state index in [-0.39, 0.29) is 12.5 Å². The molecule has 0 radical (unpaired) electrons. The molecule has 1 heterocycles. The molecule has 0 aliphatic rings. The Labute approximate surface area is 126 Å². The second kappa shape index (κ2) is 7.19. The van der Waals surface area contributed by atoms with E-state index in [4.69, 9.17) is 5.11 Å². The van der Waals surface area contributed by atoms with Crippen molar-refractivity contribution in [2.24, 2.45) is 0 Å². The topological polar surface area (TPSA) is 116 Å². The van der Waals surface area contributed by atoms with Gasteiger partial charge >= 0.3 is 5.97 Å². The van der Waals surface area contributed by atoms with E-state index in [1.807, 2.05) is 0 Å². The highest BCUT2D eigenvalue weighted by atomic mass is 32.1. The van der Waals surface area contributed by atoms with Gasteiger partial charge in [0.2, 0.25) is 5.91 Å². The Balaban J connectivity index is 2.44. The van der Waals surface area contributed by atoms with Gasteiger partial charge in [-0.3, -0.25) is 14.4 Å². The first-order chi connectivity index (χ1) is 9.71. The van der Waals surface area contributed by atoms with Gasteiger partial charge in [0.25, 0.3) is 5.91 Å². The standard InChI is InChI=1S/C13H18N2O5S/c1-8(15-12(19)9-4-3-5-21-9)11(18)14-7-13(2,20)6-10(16)17/h3-5,8,20H,6-7H2,1-2H3,(H,14,18)(H,15,19)(H,16,17). The first-order valence-electron chi connectivity index (χ1n) is 6.27. The lowest BCUT2D eigenvalue weighted by atomic mass is 10.0. The zero-order chi connectivity index (χ0) is 16.0. The zero-order valence-corrected chi connectivity index (χ0v) is 12.6. The van der Waals surface area contributed by atoms with Gasteiger partial charge in [0.1, 0.15) is 6.04 Å². The van der Waals surface area contributed by atoms with E-state index in [0.29, 0.717) is 4.88 Å². The van der Waals surface area contributed by atoms with Crippen LogP contribution in [0.2, 0.25) is 0 Å². The van der Waals surface area contributed by atoms with Crippen molar-refractivity contribution >= 4 is 29.1 Å². The molecule has 21 heavy (non-hydrogen) atoms. The Bertz CT molecular complexity index is 513. The third kappa shape index (κ3) is 5.92. The minimum absolute atomic E-state index is 0.211. The number of aliphatic hydroxyl groups is 1. The number of amides is 2. The van der Waals surface area contributed by atoms with E-state index >= 15 is 0 Å². The second-order valence-electron chi connectivity index (χ2n) is 4.96. The number of rotatable bonds is 7. The number of carbonyl (C=O) groups excluding carboxylic acids is 2. The van der Waals surface area contributed by atoms with Crippen molar-refractivity contribution in [2.45, 2.75) is 31.9 Å². The van der Waals surface area contributed by atoms with E-state index in [2.05, 4.69) is 10.6 Å². The highest BCUT2D eigenvalue weighted by molar-refractivity contribution is 7.12. The molecule has 0 fully saturated rings. The van der Waals surface area contributed by atoms with E-state index in [1.165, 1.54) is 25.2 Å². The highest BCUT2D eigenvalue weighted by Crippen LogP contribution is 2.09. The number of hydrogen-bond donors (Lipinski definition) is 4. The van der Waals surface area contributed by atoms with Crippen LogP contribution in [0.15, 0.2) is 17.5 Å². The van der Waals surface area contributed by atoms with Gasteiger partial charge in [-0.05, 0) is 25.3 Å². The molecule has 2 amide bonds. The number of hydrogen-bond acceptors (Lipinski definition) is 5. The van der Waals surface area contributed by atoms with Crippen molar-refractivity contribution in [1.82, 2.24) is 10.6 Å². The molecule has 0 aliphatic heterocycles. The number of carbonyl (C=O) groups is 3. The second-order valence-corrected chi connectivity index (χ2v) is 5.91. The van der Waals surface area contributed by atoms with E-state index in [1.54, 1.807) is 17.5 Å². The molecule has 0 aromatic carbocycles. The predicted octanol–water partition coefficient (Wildman–Crippen LogP) is 0.208. The summed E-state index contributed by atoms with van der Waals surface area (Å²) in [5, 5.41) is 25.1. The predicted molar refractivity (Wildman–Crippen MR) is 77.1 cm³/mol. The molecule has 0 bridgehead atoms. The van der Waals surface area contributed by atoms with E-state index < -0.39 is 29.9 Å². The minimum atomic E-state index is -1.54. The maximum absolute atomic E-state index is 11.8. The van der Waals surface area contributed by atoms with Crippen LogP contribution < -0.4 is 10.6 Å². The number of nitrogens with one attached hydrogen (secondary N) is 2. The minimum Gasteiger partial charge on any atom is -0.481 e. The Hall–Kier alpha value is -1.93. The Kier molecular flexibility index (Phi) is 5.86. The normalized spacial score (nSPS) is 14.8. The first-order valence-corrected chi connectivity index (χ1v) is 7.15. The van der Waals surface area contributed by atoms with Gasteiger partial charge in [-0.2, -0.15) is 0 Å². The van der Waals surface area contributed by atoms with Crippen LogP contribution in [0.25, 0.3) is 0 Å². The molecule has 8 heteroatoms. The molecule has 0 aliphatic carbocycles. The monoisotopic (exact) mass is 314 g/mol. The van der Waals surface area contributed by atoms with Gasteiger partial charge < -0.3 is 20.8 Å². The molecule has 4 N–H and O–H groups in total. The number of carboxylic acid groups (broad SMARTS) is 1. The van der Waals surface area contributed by atoms with Crippen molar-refractivity contribution in [3.8, 4) is 0 Å². The number of aliphatic carboxylic acids is 1. The van der Waals surface area contributed by atoms with Gasteiger partial charge in [-0.15, -0.1) is 11.3 Å². The van der Waals surface area contributed by atoms with Crippen molar-refractivity contribution in [3.05, 3.63) is 22.4 Å². The summed E-state index contributed by atoms with van der Waals surface area (Å²) < 4.78 is 0. The zero-order valence-electron chi connectivity index (χ0n) is 11.8. The quantitative estimate of drug-likeness (QED) is 0.574. The van der Waals surface area contributed by atoms with Crippen LogP contribution in [-0.2, 0) is 9.59 Å². The summed E-state index contributed by atoms with van der Waals surface area (Å²) >= 11 is 1.26. The number of carboxylic acids is 1. The smallest absolute Gasteiger partial charge is 0.306 e. The van der Waals surface area contributed by atoms with Gasteiger partial charge in [-0.1, -0.05) is 6.07 Å². The average Bonchev–Trinajstić information content (AvgIpc) is 2.88. The molecule has 7 nitrogen and oxygen atoms in total. The fraction of sp³-hybridized carbons (Fsp3) is 0.462. The Morgan fingerprint density at radius 2 is 2.10 bits per heavy atom. The Morgan fingerprint density at radius 1 is 1.43 bits per heavy atom. The van der Waals surface area contributed by atoms with E-state index in [9.17, 15) is 19.5 Å². The molecular formula is C13H18N2O5S. The van der Waals surface area contributed by atoms with Crippen LogP contribution in [0.4, 0.5) is 0 Å². The van der Waals surface area contributed by atoms with Gasteiger partial charge in [-0.25, -0.2) is 0 Å². The summed E-state index contributed by atoms with van der Waals surface area (Å²) in [4.78, 5) is 34.6. The largest absolute Gasteiger partial charge is 0.481 e. The highest BCUT2D eigenvalue weighted by Gasteiger charge is 2.26. The fourth-order valence-electron chi connectivity index (χ4n) is 1.56. The summed E-state index contributed by atoms with van der Waals surface area (Å²) in [6, 6.07) is 2.58. The van der Waals surface area contributed by atoms with Crippen molar-refractivity contribution in [1.29, 1.82) is 0 Å². The molecule has 2 atom stereocenters. The molecule has 2 unspecified atom stereocenters. The summed E-state index contributed by atoms with van der Waals surface area (Å²) in [6.07, 6.45) is -0.483. The lowest BCUT2D eigenvalue weighted by Crippen LogP contribution is -2.49. The summed E-state index contributed by atoms with van der Waals surface area (Å²) in [5.41, 5.74) is -1.54. The first kappa shape index (κ1) is 17.1. The van der Waals surface area contributed by atoms with Crippen LogP contribution in [-0.4, -0.2) is 46.2 Å². The van der Waals surface area contributed by atoms with Gasteiger partial charge in [0, 0.05) is 6.54 Å². The third-order valence-electron chi connectivity index (χ3n) is 2.66. The molecule has 116 valence electrons. The van der Waals surface area contributed by atoms with Crippen LogP contribution >= 0.6 is 11.3 Å². The molecule has 0 saturated carbocycles. The summed E-state index contributed by atoms with van der Waals surface area (Å²) in [6.45, 7) is 2.61. The maximum atomic E-state index is 11.8. The lowest BCUT2D eigenvalue weighted by molar-refractivity contribution is -0.142. The summed E-state index contributed by atoms with van der Waals surface area (Å²) in [5.74, 6) is -2.01. The molecular weight excluding hydrogens is 296 g/mol. The van der Waals surface area contributed by atoms with Crippen molar-refractivity contribution < 1.29 is 24.6 Å². The van der Waals surface area contributed by atoms with Crippen LogP contribution in [0.3, 0.4) is 0 Å². The van der Waals surface area contributed by atoms with Crippen LogP contribution in [0, 0.1) is 0 Å². The molecule has 0 saturated heterocycles. The molecule has 1 aromatic rings. The molecule has 1 aromatic heterocycles. The van der Waals surface area contributed by atoms with E-state index in [0.717, 1.165) is 0 Å². The van der Waals surface area contributed by atoms with Gasteiger partial charge in [0.05, 0.1) is 16.9 Å². The third-order valence-corrected chi connectivity index (χ3v) is 3.53. The lowest BCUT2D eigenvalue weighted by Gasteiger charge is -2.22.